The second-order valence-corrected chi connectivity index (χ2v) is 4.93. The van der Waals surface area contributed by atoms with Gasteiger partial charge in [-0.2, -0.15) is 0 Å². The summed E-state index contributed by atoms with van der Waals surface area (Å²) in [5, 5.41) is 13.1. The maximum Gasteiger partial charge on any atom is 0.0664 e. The van der Waals surface area contributed by atoms with E-state index >= 15 is 0 Å². The molecule has 0 aliphatic rings. The van der Waals surface area contributed by atoms with Crippen molar-refractivity contribution in [2.24, 2.45) is 0 Å². The Kier molecular flexibility index (Phi) is 5.66. The van der Waals surface area contributed by atoms with Crippen LogP contribution in [-0.2, 0) is 0 Å². The molecule has 0 fully saturated rings. The first-order valence-corrected chi connectivity index (χ1v) is 6.53. The van der Waals surface area contributed by atoms with Crippen LogP contribution < -0.4 is 5.32 Å². The van der Waals surface area contributed by atoms with Crippen molar-refractivity contribution in [2.75, 3.05) is 6.54 Å². The molecule has 2 nitrogen and oxygen atoms in total. The van der Waals surface area contributed by atoms with Gasteiger partial charge < -0.3 is 10.4 Å². The van der Waals surface area contributed by atoms with Crippen molar-refractivity contribution in [1.29, 1.82) is 0 Å². The third-order valence-corrected chi connectivity index (χ3v) is 3.18. The molecule has 96 valence electrons. The van der Waals surface area contributed by atoms with Gasteiger partial charge in [0.25, 0.3) is 0 Å². The third-order valence-electron chi connectivity index (χ3n) is 3.18. The van der Waals surface area contributed by atoms with E-state index in [1.54, 1.807) is 0 Å². The van der Waals surface area contributed by atoms with Crippen LogP contribution in [0.15, 0.2) is 18.2 Å². The standard InChI is InChI=1S/C15H25NO/c1-5-6-14(17)10-16-13(4)15-9-11(2)7-8-12(15)3/h7-9,13-14,16-17H,5-6,10H2,1-4H3. The molecule has 2 heteroatoms. The van der Waals surface area contributed by atoms with Gasteiger partial charge in [0.2, 0.25) is 0 Å². The lowest BCUT2D eigenvalue weighted by atomic mass is 10.00. The smallest absolute Gasteiger partial charge is 0.0664 e. The largest absolute Gasteiger partial charge is 0.392 e. The Balaban J connectivity index is 2.57. The summed E-state index contributed by atoms with van der Waals surface area (Å²) in [4.78, 5) is 0. The Morgan fingerprint density at radius 2 is 2.00 bits per heavy atom. The molecule has 0 amide bonds. The van der Waals surface area contributed by atoms with Gasteiger partial charge in [0.15, 0.2) is 0 Å². The lowest BCUT2D eigenvalue weighted by Gasteiger charge is -2.19. The lowest BCUT2D eigenvalue weighted by molar-refractivity contribution is 0.157. The predicted octanol–water partition coefficient (Wildman–Crippen LogP) is 3.12. The van der Waals surface area contributed by atoms with Crippen LogP contribution in [0, 0.1) is 13.8 Å². The molecule has 17 heavy (non-hydrogen) atoms. The molecule has 0 spiro atoms. The van der Waals surface area contributed by atoms with Gasteiger partial charge in [-0.3, -0.25) is 0 Å². The Morgan fingerprint density at radius 3 is 2.65 bits per heavy atom. The van der Waals surface area contributed by atoms with Crippen molar-refractivity contribution in [3.8, 4) is 0 Å². The zero-order valence-electron chi connectivity index (χ0n) is 11.5. The van der Waals surface area contributed by atoms with Gasteiger partial charge in [0.05, 0.1) is 6.10 Å². The summed E-state index contributed by atoms with van der Waals surface area (Å²) in [5.41, 5.74) is 3.92. The van der Waals surface area contributed by atoms with Gasteiger partial charge >= 0.3 is 0 Å². The van der Waals surface area contributed by atoms with E-state index in [0.717, 1.165) is 12.8 Å². The van der Waals surface area contributed by atoms with Crippen molar-refractivity contribution in [3.05, 3.63) is 34.9 Å². The molecule has 0 aliphatic carbocycles. The molecular weight excluding hydrogens is 210 g/mol. The van der Waals surface area contributed by atoms with E-state index in [9.17, 15) is 5.11 Å². The highest BCUT2D eigenvalue weighted by molar-refractivity contribution is 5.32. The first kappa shape index (κ1) is 14.2. The number of aryl methyl sites for hydroxylation is 2. The van der Waals surface area contributed by atoms with Crippen molar-refractivity contribution in [3.63, 3.8) is 0 Å². The summed E-state index contributed by atoms with van der Waals surface area (Å²) in [6, 6.07) is 6.81. The SMILES string of the molecule is CCCC(O)CNC(C)c1cc(C)ccc1C. The normalized spacial score (nSPS) is 14.6. The molecule has 0 heterocycles. The fourth-order valence-electron chi connectivity index (χ4n) is 2.08. The number of aliphatic hydroxyl groups is 1. The van der Waals surface area contributed by atoms with E-state index in [0.29, 0.717) is 12.6 Å². The molecule has 0 bridgehead atoms. The minimum absolute atomic E-state index is 0.229. The van der Waals surface area contributed by atoms with E-state index in [1.165, 1.54) is 16.7 Å². The summed E-state index contributed by atoms with van der Waals surface area (Å²) < 4.78 is 0. The first-order valence-electron chi connectivity index (χ1n) is 6.53. The van der Waals surface area contributed by atoms with Gasteiger partial charge in [-0.25, -0.2) is 0 Å². The number of nitrogens with one attached hydrogen (secondary N) is 1. The van der Waals surface area contributed by atoms with Crippen molar-refractivity contribution < 1.29 is 5.11 Å². The highest BCUT2D eigenvalue weighted by Gasteiger charge is 2.10. The fourth-order valence-corrected chi connectivity index (χ4v) is 2.08. The molecule has 2 N–H and O–H groups in total. The van der Waals surface area contributed by atoms with Crippen LogP contribution in [0.25, 0.3) is 0 Å². The minimum atomic E-state index is -0.229. The van der Waals surface area contributed by atoms with Gasteiger partial charge in [0.1, 0.15) is 0 Å². The molecule has 1 rings (SSSR count). The minimum Gasteiger partial charge on any atom is -0.392 e. The first-order chi connectivity index (χ1) is 8.04. The lowest BCUT2D eigenvalue weighted by Crippen LogP contribution is -2.29. The van der Waals surface area contributed by atoms with Crippen LogP contribution in [0.2, 0.25) is 0 Å². The fraction of sp³-hybridized carbons (Fsp3) is 0.600. The van der Waals surface area contributed by atoms with Crippen LogP contribution in [0.4, 0.5) is 0 Å². The van der Waals surface area contributed by atoms with Crippen molar-refractivity contribution >= 4 is 0 Å². The summed E-state index contributed by atoms with van der Waals surface area (Å²) in [6.07, 6.45) is 1.67. The van der Waals surface area contributed by atoms with Gasteiger partial charge in [-0.1, -0.05) is 37.1 Å². The number of rotatable bonds is 6. The van der Waals surface area contributed by atoms with Crippen LogP contribution in [0.5, 0.6) is 0 Å². The van der Waals surface area contributed by atoms with E-state index in [2.05, 4.69) is 51.2 Å². The summed E-state index contributed by atoms with van der Waals surface area (Å²) in [6.45, 7) is 9.16. The molecule has 1 aromatic rings. The molecular formula is C15H25NO. The Morgan fingerprint density at radius 1 is 1.29 bits per heavy atom. The maximum absolute atomic E-state index is 9.71. The second-order valence-electron chi connectivity index (χ2n) is 4.93. The van der Waals surface area contributed by atoms with Gasteiger partial charge in [-0.05, 0) is 38.3 Å². The zero-order valence-corrected chi connectivity index (χ0v) is 11.5. The molecule has 2 unspecified atom stereocenters. The Bertz CT molecular complexity index is 349. The van der Waals surface area contributed by atoms with E-state index < -0.39 is 0 Å². The average molecular weight is 235 g/mol. The van der Waals surface area contributed by atoms with Crippen LogP contribution in [-0.4, -0.2) is 17.8 Å². The van der Waals surface area contributed by atoms with Crippen LogP contribution >= 0.6 is 0 Å². The maximum atomic E-state index is 9.71. The number of aliphatic hydroxyl groups excluding tert-OH is 1. The van der Waals surface area contributed by atoms with Gasteiger partial charge in [-0.15, -0.1) is 0 Å². The average Bonchev–Trinajstić information content (AvgIpc) is 2.29. The quantitative estimate of drug-likeness (QED) is 0.794. The molecule has 0 saturated heterocycles. The highest BCUT2D eigenvalue weighted by Crippen LogP contribution is 2.18. The summed E-state index contributed by atoms with van der Waals surface area (Å²) in [5.74, 6) is 0. The van der Waals surface area contributed by atoms with Crippen molar-refractivity contribution in [1.82, 2.24) is 5.32 Å². The Labute approximate surface area is 105 Å². The Hall–Kier alpha value is -0.860. The van der Waals surface area contributed by atoms with Crippen LogP contribution in [0.3, 0.4) is 0 Å². The molecule has 0 radical (unpaired) electrons. The predicted molar refractivity (Wildman–Crippen MR) is 73.2 cm³/mol. The van der Waals surface area contributed by atoms with Crippen molar-refractivity contribution in [2.45, 2.75) is 52.7 Å². The third kappa shape index (κ3) is 4.49. The van der Waals surface area contributed by atoms with E-state index in [4.69, 9.17) is 0 Å². The molecule has 2 atom stereocenters. The topological polar surface area (TPSA) is 32.3 Å². The summed E-state index contributed by atoms with van der Waals surface area (Å²) in [7, 11) is 0. The highest BCUT2D eigenvalue weighted by atomic mass is 16.3. The second kappa shape index (κ2) is 6.77. The molecule has 0 aromatic heterocycles. The molecule has 1 aromatic carbocycles. The number of benzene rings is 1. The van der Waals surface area contributed by atoms with E-state index in [1.807, 2.05) is 0 Å². The van der Waals surface area contributed by atoms with Crippen LogP contribution in [0.1, 0.15) is 49.4 Å². The molecule has 0 aliphatic heterocycles. The zero-order chi connectivity index (χ0) is 12.8. The summed E-state index contributed by atoms with van der Waals surface area (Å²) >= 11 is 0. The monoisotopic (exact) mass is 235 g/mol. The molecule has 0 saturated carbocycles. The van der Waals surface area contributed by atoms with E-state index in [-0.39, 0.29) is 6.10 Å². The van der Waals surface area contributed by atoms with Gasteiger partial charge in [0, 0.05) is 12.6 Å². The number of hydrogen-bond donors (Lipinski definition) is 2. The number of hydrogen-bond acceptors (Lipinski definition) is 2.